The van der Waals surface area contributed by atoms with Crippen LogP contribution in [0.5, 0.6) is 0 Å². The third-order valence-electron chi connectivity index (χ3n) is 2.18. The zero-order valence-electron chi connectivity index (χ0n) is 9.88. The van der Waals surface area contributed by atoms with Gasteiger partial charge in [0.05, 0.1) is 6.61 Å². The molecule has 1 aliphatic heterocycles. The van der Waals surface area contributed by atoms with Gasteiger partial charge in [-0.2, -0.15) is 0 Å². The maximum absolute atomic E-state index is 5.60. The van der Waals surface area contributed by atoms with Crippen LogP contribution in [0, 0.1) is 11.8 Å². The van der Waals surface area contributed by atoms with E-state index >= 15 is 0 Å². The average Bonchev–Trinajstić information content (AvgIpc) is 2.52. The summed E-state index contributed by atoms with van der Waals surface area (Å²) in [6.45, 7) is 6.64. The summed E-state index contributed by atoms with van der Waals surface area (Å²) in [6.07, 6.45) is 7.25. The molecule has 15 heavy (non-hydrogen) atoms. The van der Waals surface area contributed by atoms with Gasteiger partial charge in [-0.25, -0.2) is 0 Å². The van der Waals surface area contributed by atoms with Crippen molar-refractivity contribution in [1.82, 2.24) is 0 Å². The van der Waals surface area contributed by atoms with Gasteiger partial charge < -0.3 is 9.47 Å². The monoisotopic (exact) mass is 208 g/mol. The number of unbranched alkanes of at least 4 members (excludes halogenated alkanes) is 2. The van der Waals surface area contributed by atoms with Gasteiger partial charge in [0, 0.05) is 6.42 Å². The van der Waals surface area contributed by atoms with Crippen molar-refractivity contribution in [2.45, 2.75) is 51.9 Å². The molecule has 1 saturated heterocycles. The van der Waals surface area contributed by atoms with Crippen LogP contribution in [-0.2, 0) is 9.47 Å². The number of rotatable bonds is 3. The second-order valence-corrected chi connectivity index (χ2v) is 4.15. The van der Waals surface area contributed by atoms with Crippen molar-refractivity contribution in [3.8, 4) is 11.8 Å². The SMILES string of the molecule is CCCCC#C/C=C/[C@H]1COC(C)(C)O1. The van der Waals surface area contributed by atoms with Gasteiger partial charge >= 0.3 is 0 Å². The van der Waals surface area contributed by atoms with E-state index < -0.39 is 5.79 Å². The Balaban J connectivity index is 2.23. The van der Waals surface area contributed by atoms with Crippen LogP contribution in [0.25, 0.3) is 0 Å². The summed E-state index contributed by atoms with van der Waals surface area (Å²) in [4.78, 5) is 0. The van der Waals surface area contributed by atoms with Gasteiger partial charge in [0.25, 0.3) is 0 Å². The normalized spacial score (nSPS) is 24.1. The fraction of sp³-hybridized carbons (Fsp3) is 0.692. The van der Waals surface area contributed by atoms with Crippen molar-refractivity contribution in [3.05, 3.63) is 12.2 Å². The van der Waals surface area contributed by atoms with Crippen LogP contribution in [0.2, 0.25) is 0 Å². The van der Waals surface area contributed by atoms with Gasteiger partial charge in [0.2, 0.25) is 0 Å². The topological polar surface area (TPSA) is 18.5 Å². The quantitative estimate of drug-likeness (QED) is 0.524. The number of allylic oxidation sites excluding steroid dienone is 1. The molecule has 0 amide bonds. The van der Waals surface area contributed by atoms with E-state index in [2.05, 4.69) is 18.8 Å². The maximum atomic E-state index is 5.60. The minimum atomic E-state index is -0.440. The summed E-state index contributed by atoms with van der Waals surface area (Å²) in [5.74, 6) is 5.67. The molecule has 1 heterocycles. The lowest BCUT2D eigenvalue weighted by Gasteiger charge is -2.15. The van der Waals surface area contributed by atoms with E-state index in [1.54, 1.807) is 0 Å². The molecule has 0 spiro atoms. The van der Waals surface area contributed by atoms with Gasteiger partial charge in [-0.05, 0) is 32.4 Å². The molecular formula is C13H20O2. The van der Waals surface area contributed by atoms with Crippen LogP contribution in [-0.4, -0.2) is 18.5 Å². The summed E-state index contributed by atoms with van der Waals surface area (Å²) in [6, 6.07) is 0. The minimum Gasteiger partial charge on any atom is -0.347 e. The number of hydrogen-bond acceptors (Lipinski definition) is 2. The predicted molar refractivity (Wildman–Crippen MR) is 61.3 cm³/mol. The highest BCUT2D eigenvalue weighted by Crippen LogP contribution is 2.22. The molecule has 2 nitrogen and oxygen atoms in total. The molecule has 0 aromatic rings. The summed E-state index contributed by atoms with van der Waals surface area (Å²) < 4.78 is 11.0. The molecule has 1 aliphatic rings. The first-order chi connectivity index (χ1) is 7.14. The molecular weight excluding hydrogens is 188 g/mol. The van der Waals surface area contributed by atoms with E-state index in [9.17, 15) is 0 Å². The first-order valence-corrected chi connectivity index (χ1v) is 5.61. The van der Waals surface area contributed by atoms with E-state index in [0.717, 1.165) is 6.42 Å². The van der Waals surface area contributed by atoms with Crippen LogP contribution < -0.4 is 0 Å². The molecule has 2 heteroatoms. The molecule has 0 radical (unpaired) electrons. The molecule has 0 aromatic carbocycles. The highest BCUT2D eigenvalue weighted by Gasteiger charge is 2.30. The second-order valence-electron chi connectivity index (χ2n) is 4.15. The molecule has 0 N–H and O–H groups in total. The lowest BCUT2D eigenvalue weighted by Crippen LogP contribution is -2.20. The first kappa shape index (κ1) is 12.3. The van der Waals surface area contributed by atoms with Gasteiger partial charge in [-0.15, -0.1) is 0 Å². The van der Waals surface area contributed by atoms with Gasteiger partial charge in [-0.3, -0.25) is 0 Å². The largest absolute Gasteiger partial charge is 0.347 e. The van der Waals surface area contributed by atoms with E-state index in [1.807, 2.05) is 26.0 Å². The summed E-state index contributed by atoms with van der Waals surface area (Å²) >= 11 is 0. The molecule has 0 bridgehead atoms. The van der Waals surface area contributed by atoms with E-state index in [4.69, 9.17) is 9.47 Å². The van der Waals surface area contributed by atoms with Gasteiger partial charge in [0.1, 0.15) is 6.10 Å². The summed E-state index contributed by atoms with van der Waals surface area (Å²) in [5, 5.41) is 0. The van der Waals surface area contributed by atoms with Crippen molar-refractivity contribution in [2.24, 2.45) is 0 Å². The Hall–Kier alpha value is -0.780. The van der Waals surface area contributed by atoms with Crippen molar-refractivity contribution in [2.75, 3.05) is 6.61 Å². The van der Waals surface area contributed by atoms with Crippen LogP contribution in [0.3, 0.4) is 0 Å². The lowest BCUT2D eigenvalue weighted by molar-refractivity contribution is -0.133. The predicted octanol–water partition coefficient (Wildman–Crippen LogP) is 2.89. The second kappa shape index (κ2) is 5.95. The number of ether oxygens (including phenoxy) is 2. The molecule has 1 rings (SSSR count). The van der Waals surface area contributed by atoms with Crippen molar-refractivity contribution in [1.29, 1.82) is 0 Å². The molecule has 0 saturated carbocycles. The molecule has 84 valence electrons. The number of hydrogen-bond donors (Lipinski definition) is 0. The minimum absolute atomic E-state index is 0.0560. The molecule has 1 fully saturated rings. The van der Waals surface area contributed by atoms with Crippen molar-refractivity contribution < 1.29 is 9.47 Å². The molecule has 0 aromatic heterocycles. The van der Waals surface area contributed by atoms with Crippen molar-refractivity contribution in [3.63, 3.8) is 0 Å². The zero-order valence-corrected chi connectivity index (χ0v) is 9.88. The van der Waals surface area contributed by atoms with Crippen molar-refractivity contribution >= 4 is 0 Å². The fourth-order valence-corrected chi connectivity index (χ4v) is 1.36. The summed E-state index contributed by atoms with van der Waals surface area (Å²) in [7, 11) is 0. The maximum Gasteiger partial charge on any atom is 0.163 e. The standard InChI is InChI=1S/C13H20O2/c1-4-5-6-7-8-9-10-12-11-14-13(2,3)15-12/h9-10,12H,4-6,11H2,1-3H3/b10-9+/t12-/m0/s1. The highest BCUT2D eigenvalue weighted by molar-refractivity contribution is 5.16. The Kier molecular flexibility index (Phi) is 4.87. The van der Waals surface area contributed by atoms with E-state index in [0.29, 0.717) is 6.61 Å². The van der Waals surface area contributed by atoms with Gasteiger partial charge in [-0.1, -0.05) is 25.2 Å². The molecule has 0 aliphatic carbocycles. The van der Waals surface area contributed by atoms with Crippen LogP contribution in [0.1, 0.15) is 40.0 Å². The first-order valence-electron chi connectivity index (χ1n) is 5.61. The van der Waals surface area contributed by atoms with E-state index in [1.165, 1.54) is 12.8 Å². The molecule has 0 unspecified atom stereocenters. The van der Waals surface area contributed by atoms with Crippen LogP contribution >= 0.6 is 0 Å². The van der Waals surface area contributed by atoms with Crippen LogP contribution in [0.15, 0.2) is 12.2 Å². The Morgan fingerprint density at radius 2 is 2.27 bits per heavy atom. The third kappa shape index (κ3) is 5.01. The highest BCUT2D eigenvalue weighted by atomic mass is 16.7. The summed E-state index contributed by atoms with van der Waals surface area (Å²) in [5.41, 5.74) is 0. The zero-order chi connectivity index (χ0) is 11.1. The smallest absolute Gasteiger partial charge is 0.163 e. The molecule has 1 atom stereocenters. The average molecular weight is 208 g/mol. The fourth-order valence-electron chi connectivity index (χ4n) is 1.36. The third-order valence-corrected chi connectivity index (χ3v) is 2.18. The van der Waals surface area contributed by atoms with Crippen LogP contribution in [0.4, 0.5) is 0 Å². The van der Waals surface area contributed by atoms with E-state index in [-0.39, 0.29) is 6.10 Å². The Morgan fingerprint density at radius 1 is 1.47 bits per heavy atom. The Bertz CT molecular complexity index is 268. The van der Waals surface area contributed by atoms with Gasteiger partial charge in [0.15, 0.2) is 5.79 Å². The Morgan fingerprint density at radius 3 is 2.87 bits per heavy atom. The Labute approximate surface area is 92.6 Å². The lowest BCUT2D eigenvalue weighted by atomic mass is 10.2.